The van der Waals surface area contributed by atoms with Gasteiger partial charge < -0.3 is 10.4 Å². The lowest BCUT2D eigenvalue weighted by molar-refractivity contribution is 0.0687. The van der Waals surface area contributed by atoms with Gasteiger partial charge in [0.25, 0.3) is 0 Å². The number of carboxylic acid groups (broad SMARTS) is 1. The van der Waals surface area contributed by atoms with E-state index in [0.717, 1.165) is 18.9 Å². The van der Waals surface area contributed by atoms with Crippen molar-refractivity contribution in [3.05, 3.63) is 24.2 Å². The normalized spacial score (nSPS) is 14.7. The highest BCUT2D eigenvalue weighted by molar-refractivity contribution is 5.87. The van der Waals surface area contributed by atoms with E-state index in [1.807, 2.05) is 0 Å². The second-order valence-corrected chi connectivity index (χ2v) is 4.94. The Bertz CT molecular complexity index is 604. The van der Waals surface area contributed by atoms with Gasteiger partial charge in [-0.1, -0.05) is 12.8 Å². The fraction of sp³-hybridized carbons (Fsp3) is 0.462. The van der Waals surface area contributed by atoms with E-state index in [0.29, 0.717) is 11.3 Å². The number of anilines is 1. The molecule has 1 aliphatic rings. The van der Waals surface area contributed by atoms with Crippen molar-refractivity contribution in [2.24, 2.45) is 5.92 Å². The number of nitrogens with one attached hydrogen (secondary N) is 1. The summed E-state index contributed by atoms with van der Waals surface area (Å²) in [4.78, 5) is 15.2. The van der Waals surface area contributed by atoms with Gasteiger partial charge in [0, 0.05) is 6.54 Å². The lowest BCUT2D eigenvalue weighted by Gasteiger charge is -2.08. The molecule has 1 fully saturated rings. The van der Waals surface area contributed by atoms with Crippen LogP contribution in [-0.2, 0) is 0 Å². The van der Waals surface area contributed by atoms with Gasteiger partial charge in [0.05, 0.1) is 12.4 Å². The van der Waals surface area contributed by atoms with E-state index in [2.05, 4.69) is 15.4 Å². The van der Waals surface area contributed by atoms with E-state index < -0.39 is 5.97 Å². The van der Waals surface area contributed by atoms with Crippen molar-refractivity contribution in [3.63, 3.8) is 0 Å². The Kier molecular flexibility index (Phi) is 3.06. The summed E-state index contributed by atoms with van der Waals surface area (Å²) in [5.41, 5.74) is 0.773. The molecule has 2 heterocycles. The van der Waals surface area contributed by atoms with Crippen molar-refractivity contribution in [3.8, 4) is 0 Å². The molecule has 0 radical (unpaired) electrons. The van der Waals surface area contributed by atoms with Crippen LogP contribution in [0.3, 0.4) is 0 Å². The maximum Gasteiger partial charge on any atom is 0.356 e. The van der Waals surface area contributed by atoms with E-state index in [4.69, 9.17) is 5.11 Å². The van der Waals surface area contributed by atoms with Crippen LogP contribution in [0.5, 0.6) is 0 Å². The molecule has 19 heavy (non-hydrogen) atoms. The zero-order valence-electron chi connectivity index (χ0n) is 10.5. The van der Waals surface area contributed by atoms with Crippen LogP contribution in [0, 0.1) is 5.92 Å². The third-order valence-electron chi connectivity index (χ3n) is 3.43. The Balaban J connectivity index is 1.73. The predicted octanol–water partition coefficient (Wildman–Crippen LogP) is 2.03. The first-order chi connectivity index (χ1) is 9.25. The van der Waals surface area contributed by atoms with E-state index in [1.165, 1.54) is 30.0 Å². The highest BCUT2D eigenvalue weighted by Gasteiger charge is 2.20. The molecule has 100 valence electrons. The average molecular weight is 260 g/mol. The number of rotatable bonds is 6. The summed E-state index contributed by atoms with van der Waals surface area (Å²) in [6.45, 7) is 0.858. The molecular weight excluding hydrogens is 244 g/mol. The molecular formula is C13H16N4O2. The van der Waals surface area contributed by atoms with Crippen molar-refractivity contribution in [1.82, 2.24) is 14.6 Å². The molecule has 6 heteroatoms. The van der Waals surface area contributed by atoms with Crippen LogP contribution in [0.2, 0.25) is 0 Å². The first kappa shape index (κ1) is 12.0. The van der Waals surface area contributed by atoms with Gasteiger partial charge in [-0.15, -0.1) is 0 Å². The van der Waals surface area contributed by atoms with Crippen LogP contribution in [0.4, 0.5) is 5.82 Å². The summed E-state index contributed by atoms with van der Waals surface area (Å²) in [7, 11) is 0. The van der Waals surface area contributed by atoms with Crippen LogP contribution in [0.15, 0.2) is 18.5 Å². The molecule has 6 nitrogen and oxygen atoms in total. The summed E-state index contributed by atoms with van der Waals surface area (Å²) in [5.74, 6) is 0.596. The van der Waals surface area contributed by atoms with Gasteiger partial charge in [-0.25, -0.2) is 14.3 Å². The highest BCUT2D eigenvalue weighted by Crippen LogP contribution is 2.33. The summed E-state index contributed by atoms with van der Waals surface area (Å²) in [5, 5.41) is 16.3. The zero-order chi connectivity index (χ0) is 13.2. The molecule has 0 aliphatic heterocycles. The fourth-order valence-electron chi connectivity index (χ4n) is 2.21. The Morgan fingerprint density at radius 3 is 3.11 bits per heavy atom. The number of nitrogens with zero attached hydrogens (tertiary/aromatic N) is 3. The third-order valence-corrected chi connectivity index (χ3v) is 3.43. The van der Waals surface area contributed by atoms with Gasteiger partial charge in [0.2, 0.25) is 0 Å². The van der Waals surface area contributed by atoms with Crippen molar-refractivity contribution in [2.45, 2.75) is 25.7 Å². The number of carbonyl (C=O) groups is 1. The molecule has 1 saturated carbocycles. The molecule has 0 atom stereocenters. The molecule has 0 unspecified atom stereocenters. The highest BCUT2D eigenvalue weighted by atomic mass is 16.4. The second kappa shape index (κ2) is 4.87. The Morgan fingerprint density at radius 2 is 2.37 bits per heavy atom. The molecule has 0 aromatic carbocycles. The standard InChI is InChI=1S/C13H16N4O2/c18-13(19)11-8-15-12(10-5-7-16-17(10)11)14-6-1-2-9-3-4-9/h5,7-9H,1-4,6H2,(H,14,15)(H,18,19). The number of aromatic nitrogens is 3. The summed E-state index contributed by atoms with van der Waals surface area (Å²) < 4.78 is 1.40. The van der Waals surface area contributed by atoms with Crippen LogP contribution in [0.1, 0.15) is 36.2 Å². The summed E-state index contributed by atoms with van der Waals surface area (Å²) >= 11 is 0. The minimum absolute atomic E-state index is 0.0727. The van der Waals surface area contributed by atoms with Crippen molar-refractivity contribution in [2.75, 3.05) is 11.9 Å². The topological polar surface area (TPSA) is 79.5 Å². The fourth-order valence-corrected chi connectivity index (χ4v) is 2.21. The molecule has 3 rings (SSSR count). The number of hydrogen-bond acceptors (Lipinski definition) is 4. The smallest absolute Gasteiger partial charge is 0.356 e. The zero-order valence-corrected chi connectivity index (χ0v) is 10.5. The first-order valence-electron chi connectivity index (χ1n) is 6.55. The molecule has 2 aromatic rings. The Labute approximate surface area is 110 Å². The van der Waals surface area contributed by atoms with Crippen LogP contribution in [-0.4, -0.2) is 32.2 Å². The minimum Gasteiger partial charge on any atom is -0.476 e. The van der Waals surface area contributed by atoms with Gasteiger partial charge in [0.15, 0.2) is 11.5 Å². The number of hydrogen-bond donors (Lipinski definition) is 2. The summed E-state index contributed by atoms with van der Waals surface area (Å²) in [6, 6.07) is 1.77. The van der Waals surface area contributed by atoms with Gasteiger partial charge in [-0.2, -0.15) is 5.10 Å². The lowest BCUT2D eigenvalue weighted by atomic mass is 10.2. The molecule has 0 bridgehead atoms. The molecule has 0 amide bonds. The van der Waals surface area contributed by atoms with E-state index in [9.17, 15) is 4.79 Å². The largest absolute Gasteiger partial charge is 0.476 e. The Hall–Kier alpha value is -2.11. The van der Waals surface area contributed by atoms with E-state index in [-0.39, 0.29) is 5.69 Å². The Morgan fingerprint density at radius 1 is 1.53 bits per heavy atom. The van der Waals surface area contributed by atoms with E-state index >= 15 is 0 Å². The van der Waals surface area contributed by atoms with Crippen molar-refractivity contribution < 1.29 is 9.90 Å². The second-order valence-electron chi connectivity index (χ2n) is 4.94. The predicted molar refractivity (Wildman–Crippen MR) is 70.4 cm³/mol. The van der Waals surface area contributed by atoms with Gasteiger partial charge in [0.1, 0.15) is 5.52 Å². The van der Waals surface area contributed by atoms with Crippen LogP contribution >= 0.6 is 0 Å². The van der Waals surface area contributed by atoms with Gasteiger partial charge in [-0.3, -0.25) is 0 Å². The third kappa shape index (κ3) is 2.52. The van der Waals surface area contributed by atoms with Gasteiger partial charge in [-0.05, 0) is 24.8 Å². The van der Waals surface area contributed by atoms with Crippen LogP contribution in [0.25, 0.3) is 5.52 Å². The maximum atomic E-state index is 11.0. The molecule has 0 saturated heterocycles. The molecule has 2 N–H and O–H groups in total. The quantitative estimate of drug-likeness (QED) is 0.777. The molecule has 1 aliphatic carbocycles. The minimum atomic E-state index is -1.03. The monoisotopic (exact) mass is 260 g/mol. The summed E-state index contributed by atoms with van der Waals surface area (Å²) in [6.07, 6.45) is 8.05. The number of aromatic carboxylic acids is 1. The lowest BCUT2D eigenvalue weighted by Crippen LogP contribution is -2.11. The van der Waals surface area contributed by atoms with Crippen molar-refractivity contribution >= 4 is 17.3 Å². The number of fused-ring (bicyclic) bond motifs is 1. The van der Waals surface area contributed by atoms with Gasteiger partial charge >= 0.3 is 5.97 Å². The number of carboxylic acids is 1. The average Bonchev–Trinajstić information content (AvgIpc) is 3.08. The van der Waals surface area contributed by atoms with Crippen molar-refractivity contribution in [1.29, 1.82) is 0 Å². The van der Waals surface area contributed by atoms with E-state index in [1.54, 1.807) is 12.3 Å². The van der Waals surface area contributed by atoms with Crippen LogP contribution < -0.4 is 5.32 Å². The maximum absolute atomic E-state index is 11.0. The molecule has 0 spiro atoms. The SMILES string of the molecule is O=C(O)c1cnc(NCCCC2CC2)c2ccnn12. The first-order valence-corrected chi connectivity index (χ1v) is 6.55. The molecule has 2 aromatic heterocycles.